The van der Waals surface area contributed by atoms with E-state index in [9.17, 15) is 14.4 Å². The van der Waals surface area contributed by atoms with Gasteiger partial charge in [0.2, 0.25) is 17.7 Å². The highest BCUT2D eigenvalue weighted by Gasteiger charge is 2.21. The summed E-state index contributed by atoms with van der Waals surface area (Å²) in [7, 11) is 0. The van der Waals surface area contributed by atoms with Crippen LogP contribution in [-0.4, -0.2) is 54.8 Å². The number of hydrogen-bond donors (Lipinski definition) is 3. The Kier molecular flexibility index (Phi) is 52.0. The van der Waals surface area contributed by atoms with E-state index in [-0.39, 0.29) is 23.6 Å². The van der Waals surface area contributed by atoms with Crippen molar-refractivity contribution in [1.29, 1.82) is 0 Å². The third kappa shape index (κ3) is 40.2. The molecule has 10 heteroatoms. The van der Waals surface area contributed by atoms with Crippen LogP contribution >= 0.6 is 23.2 Å². The number of allylic oxidation sites excluding steroid dienone is 9. The van der Waals surface area contributed by atoms with Crippen LogP contribution in [-0.2, 0) is 14.4 Å². The van der Waals surface area contributed by atoms with Crippen LogP contribution in [0.4, 0.5) is 22.7 Å². The minimum absolute atomic E-state index is 0.0618. The van der Waals surface area contributed by atoms with Crippen molar-refractivity contribution in [2.45, 2.75) is 330 Å². The van der Waals surface area contributed by atoms with Crippen LogP contribution in [0.5, 0.6) is 0 Å². The smallest absolute Gasteiger partial charge is 0.224 e. The van der Waals surface area contributed by atoms with E-state index in [0.717, 1.165) is 140 Å². The van der Waals surface area contributed by atoms with Crippen LogP contribution in [0, 0.1) is 0 Å². The van der Waals surface area contributed by atoms with Crippen molar-refractivity contribution in [2.75, 3.05) is 47.0 Å². The molecule has 0 heterocycles. The van der Waals surface area contributed by atoms with Crippen molar-refractivity contribution >= 4 is 69.2 Å². The van der Waals surface area contributed by atoms with E-state index in [4.69, 9.17) is 23.2 Å². The van der Waals surface area contributed by atoms with Crippen LogP contribution in [0.1, 0.15) is 352 Å². The normalized spacial score (nSPS) is 12.8. The van der Waals surface area contributed by atoms with Crippen molar-refractivity contribution in [2.24, 2.45) is 0 Å². The third-order valence-electron chi connectivity index (χ3n) is 21.5. The second-order valence-corrected chi connectivity index (χ2v) is 31.4. The fourth-order valence-corrected chi connectivity index (χ4v) is 15.2. The molecule has 0 fully saturated rings. The number of anilines is 4. The zero-order chi connectivity index (χ0) is 78.7. The lowest BCUT2D eigenvalue weighted by atomic mass is 9.85. The third-order valence-corrected chi connectivity index (χ3v) is 22.1. The van der Waals surface area contributed by atoms with Gasteiger partial charge in [0.25, 0.3) is 0 Å². The number of unbranched alkanes of at least 4 members (excludes halogenated alkanes) is 33. The van der Waals surface area contributed by atoms with E-state index in [1.807, 2.05) is 54.6 Å². The summed E-state index contributed by atoms with van der Waals surface area (Å²) in [6.07, 6.45) is 73.1. The first-order valence-corrected chi connectivity index (χ1v) is 45.0. The lowest BCUT2D eigenvalue weighted by Crippen LogP contribution is -2.32. The molecule has 110 heavy (non-hydrogen) atoms. The van der Waals surface area contributed by atoms with E-state index < -0.39 is 0 Å². The Labute approximate surface area is 680 Å². The van der Waals surface area contributed by atoms with Crippen molar-refractivity contribution in [3.63, 3.8) is 0 Å². The molecule has 604 valence electrons. The lowest BCUT2D eigenvalue weighted by Gasteiger charge is -2.27. The summed E-state index contributed by atoms with van der Waals surface area (Å²) < 4.78 is 0. The molecular formula is C100H147Cl2N5O3. The standard InChI is InChI=1S/C73H115N3O3.C27H32Cl2N2/c1-4-7-10-13-16-19-22-25-28-31-34-37-40-43-46-49-70(77)74-67-58-52-64(53-59-67)73(65-54-60-68(61-55-65)75-71(78)50-47-44-41-38-35-32-29-26-23-20-17-14-11-8-5-2)66-56-62-69(63-57-66)76-72(79)51-48-45-42-39-36-33-30-27-24-21-18-15-12-9-6-3;1-5-30(6-2)23-14-9-20(10-15-23)27(25-19-22(28)13-18-26(25)29)21-11-16-24(17-12-21)31(7-3)8-4/h25-30,52-63,73H,4-24,31-51H2,1-3H3,(H,74,77)(H,75,78)(H,76,79);9-19,23H,5-8H2,1-4H3/b28-25+,29-26+,30-27+;. The van der Waals surface area contributed by atoms with Gasteiger partial charge in [-0.25, -0.2) is 0 Å². The van der Waals surface area contributed by atoms with Gasteiger partial charge in [0.05, 0.1) is 0 Å². The summed E-state index contributed by atoms with van der Waals surface area (Å²) in [5.41, 5.74) is 11.2. The van der Waals surface area contributed by atoms with Crippen molar-refractivity contribution in [1.82, 2.24) is 4.90 Å². The fourth-order valence-electron chi connectivity index (χ4n) is 14.8. The van der Waals surface area contributed by atoms with Gasteiger partial charge < -0.3 is 20.9 Å². The zero-order valence-corrected chi connectivity index (χ0v) is 71.3. The van der Waals surface area contributed by atoms with Gasteiger partial charge in [-0.1, -0.05) is 321 Å². The highest BCUT2D eigenvalue weighted by atomic mass is 35.5. The topological polar surface area (TPSA) is 93.8 Å². The van der Waals surface area contributed by atoms with Gasteiger partial charge >= 0.3 is 0 Å². The Bertz CT molecular complexity index is 3160. The number of amides is 3. The van der Waals surface area contributed by atoms with Gasteiger partial charge in [-0.3, -0.25) is 19.3 Å². The molecular weight excluding hydrogens is 1390 g/mol. The molecule has 5 aromatic carbocycles. The average molecular weight is 1540 g/mol. The molecule has 0 atom stereocenters. The molecule has 0 bridgehead atoms. The minimum Gasteiger partial charge on any atom is -0.372 e. The van der Waals surface area contributed by atoms with E-state index in [0.29, 0.717) is 35.3 Å². The molecule has 3 N–H and O–H groups in total. The summed E-state index contributed by atoms with van der Waals surface area (Å²) >= 11 is 13.0. The maximum Gasteiger partial charge on any atom is 0.224 e. The van der Waals surface area contributed by atoms with Gasteiger partial charge in [-0.2, -0.15) is 0 Å². The summed E-state index contributed by atoms with van der Waals surface area (Å²) in [4.78, 5) is 43.8. The fraction of sp³-hybridized carbons (Fsp3) is 0.550. The summed E-state index contributed by atoms with van der Waals surface area (Å²) in [6, 6.07) is 39.4. The maximum atomic E-state index is 13.0. The molecule has 3 amide bonds. The molecule has 0 radical (unpaired) electrons. The zero-order valence-electron chi connectivity index (χ0n) is 69.8. The first-order valence-electron chi connectivity index (χ1n) is 44.2. The number of carbonyl (C=O) groups excluding carboxylic acids is 3. The highest BCUT2D eigenvalue weighted by Crippen LogP contribution is 2.38. The number of nitrogens with zero attached hydrogens (tertiary/aromatic N) is 2. The van der Waals surface area contributed by atoms with Gasteiger partial charge in [0.15, 0.2) is 0 Å². The molecule has 0 spiro atoms. The summed E-state index contributed by atoms with van der Waals surface area (Å²) in [5.74, 6) is 0.0896. The van der Waals surface area contributed by atoms with Crippen LogP contribution in [0.15, 0.2) is 182 Å². The van der Waals surface area contributed by atoms with Crippen molar-refractivity contribution < 1.29 is 14.4 Å². The molecule has 0 saturated heterocycles. The number of nitrogens with one attached hydrogen (secondary N) is 3. The number of rotatable bonds is 59. The highest BCUT2D eigenvalue weighted by molar-refractivity contribution is 6.34. The van der Waals surface area contributed by atoms with Crippen molar-refractivity contribution in [3.05, 3.63) is 219 Å². The van der Waals surface area contributed by atoms with E-state index in [1.54, 1.807) is 0 Å². The van der Waals surface area contributed by atoms with Crippen LogP contribution < -0.4 is 20.9 Å². The molecule has 1 aliphatic rings. The molecule has 0 saturated carbocycles. The second-order valence-electron chi connectivity index (χ2n) is 30.6. The van der Waals surface area contributed by atoms with E-state index in [2.05, 4.69) is 196 Å². The Balaban J connectivity index is 0.000000576. The maximum absolute atomic E-state index is 13.0. The Morgan fingerprint density at radius 2 is 0.673 bits per heavy atom. The molecule has 0 aliphatic heterocycles. The predicted octanol–water partition coefficient (Wildman–Crippen LogP) is 30.3. The quantitative estimate of drug-likeness (QED) is 0.0205. The Morgan fingerprint density at radius 3 is 0.982 bits per heavy atom. The Hall–Kier alpha value is -6.71. The minimum atomic E-state index is -0.0957. The lowest BCUT2D eigenvalue weighted by molar-refractivity contribution is -0.117. The molecule has 0 unspecified atom stereocenters. The molecule has 0 aromatic heterocycles. The summed E-state index contributed by atoms with van der Waals surface area (Å²) in [5, 5.41) is 10.8. The first-order chi connectivity index (χ1) is 53.9. The van der Waals surface area contributed by atoms with E-state index in [1.165, 1.54) is 198 Å². The van der Waals surface area contributed by atoms with E-state index >= 15 is 0 Å². The molecule has 1 aliphatic carbocycles. The number of benzene rings is 5. The summed E-state index contributed by atoms with van der Waals surface area (Å²) in [6.45, 7) is 19.6. The van der Waals surface area contributed by atoms with Gasteiger partial charge in [0, 0.05) is 82.7 Å². The molecule has 8 nitrogen and oxygen atoms in total. The Morgan fingerprint density at radius 1 is 0.364 bits per heavy atom. The van der Waals surface area contributed by atoms with Gasteiger partial charge in [-0.05, 0) is 223 Å². The number of hydrogen-bond acceptors (Lipinski definition) is 5. The SMILES string of the molecule is CCCCCCCC/C=C/CCCCCCCC(=O)Nc1ccc(C(c2ccc(NC(=O)CCCCCCC/C=C/CCCCCCCC)cc2)c2ccc(NC(=O)CCCCCCC/C=C/CCCCCCCC)cc2)cc1.CCN(CC)c1ccc(C(=C2C=CC(N(CC)CC)C=C2)c2cc(Cl)ccc2Cl)cc1. The number of likely N-dealkylation sites (N-methyl/N-ethyl adjacent to an activating group) is 1. The second kappa shape index (κ2) is 60.9. The predicted molar refractivity (Wildman–Crippen MR) is 482 cm³/mol. The average Bonchev–Trinajstić information content (AvgIpc) is 0.818. The van der Waals surface area contributed by atoms with Crippen molar-refractivity contribution in [3.8, 4) is 0 Å². The molecule has 5 aromatic rings. The van der Waals surface area contributed by atoms with Crippen LogP contribution in [0.2, 0.25) is 10.0 Å². The van der Waals surface area contributed by atoms with Gasteiger partial charge in [0.1, 0.15) is 0 Å². The number of carbonyl (C=O) groups is 3. The van der Waals surface area contributed by atoms with Crippen LogP contribution in [0.3, 0.4) is 0 Å². The largest absolute Gasteiger partial charge is 0.372 e. The van der Waals surface area contributed by atoms with Gasteiger partial charge in [-0.15, -0.1) is 0 Å². The monoisotopic (exact) mass is 1540 g/mol. The first kappa shape index (κ1) is 93.9. The number of halogens is 2. The van der Waals surface area contributed by atoms with Crippen LogP contribution in [0.25, 0.3) is 5.57 Å². The molecule has 6 rings (SSSR count).